The van der Waals surface area contributed by atoms with E-state index in [-0.39, 0.29) is 0 Å². The van der Waals surface area contributed by atoms with Gasteiger partial charge in [0.05, 0.1) is 7.11 Å². The fourth-order valence-electron chi connectivity index (χ4n) is 1.77. The standard InChI is InChI=1S/C15H16BrNO2/c1-18-15-7-11(5-6-12(15)9-17)10-19-14-4-2-3-13(16)8-14/h2-8H,9-10,17H2,1H3. The molecule has 0 saturated carbocycles. The smallest absolute Gasteiger partial charge is 0.123 e. The number of hydrogen-bond donors (Lipinski definition) is 1. The minimum atomic E-state index is 0.468. The van der Waals surface area contributed by atoms with Gasteiger partial charge in [-0.15, -0.1) is 0 Å². The first-order valence-corrected chi connectivity index (χ1v) is 6.76. The normalized spacial score (nSPS) is 10.3. The second-order valence-corrected chi connectivity index (χ2v) is 5.01. The Bertz CT molecular complexity index is 558. The van der Waals surface area contributed by atoms with Crippen LogP contribution in [0.3, 0.4) is 0 Å². The first kappa shape index (κ1) is 13.9. The Kier molecular flexibility index (Phi) is 4.82. The molecule has 0 bridgehead atoms. The molecule has 2 N–H and O–H groups in total. The van der Waals surface area contributed by atoms with E-state index in [0.717, 1.165) is 27.1 Å². The van der Waals surface area contributed by atoms with Crippen LogP contribution in [0.2, 0.25) is 0 Å². The second-order valence-electron chi connectivity index (χ2n) is 4.10. The van der Waals surface area contributed by atoms with E-state index in [1.165, 1.54) is 0 Å². The van der Waals surface area contributed by atoms with E-state index in [0.29, 0.717) is 13.2 Å². The van der Waals surface area contributed by atoms with Gasteiger partial charge >= 0.3 is 0 Å². The highest BCUT2D eigenvalue weighted by molar-refractivity contribution is 9.10. The highest BCUT2D eigenvalue weighted by atomic mass is 79.9. The van der Waals surface area contributed by atoms with Crippen molar-refractivity contribution in [3.8, 4) is 11.5 Å². The summed E-state index contributed by atoms with van der Waals surface area (Å²) < 4.78 is 12.0. The molecule has 0 aromatic heterocycles. The molecule has 0 heterocycles. The molecule has 0 spiro atoms. The molecule has 4 heteroatoms. The molecule has 100 valence electrons. The maximum atomic E-state index is 5.73. The third-order valence-corrected chi connectivity index (χ3v) is 3.27. The zero-order valence-electron chi connectivity index (χ0n) is 10.7. The first-order chi connectivity index (χ1) is 9.22. The summed E-state index contributed by atoms with van der Waals surface area (Å²) in [5.41, 5.74) is 7.69. The van der Waals surface area contributed by atoms with E-state index in [1.54, 1.807) is 7.11 Å². The molecule has 0 amide bonds. The molecule has 2 aromatic rings. The molecule has 2 rings (SSSR count). The summed E-state index contributed by atoms with van der Waals surface area (Å²) in [4.78, 5) is 0. The fourth-order valence-corrected chi connectivity index (χ4v) is 2.15. The highest BCUT2D eigenvalue weighted by Gasteiger charge is 2.04. The summed E-state index contributed by atoms with van der Waals surface area (Å²) in [6.45, 7) is 0.966. The molecule has 0 fully saturated rings. The van der Waals surface area contributed by atoms with Gasteiger partial charge in [0.1, 0.15) is 18.1 Å². The minimum Gasteiger partial charge on any atom is -0.496 e. The molecule has 0 aliphatic carbocycles. The lowest BCUT2D eigenvalue weighted by molar-refractivity contribution is 0.305. The minimum absolute atomic E-state index is 0.468. The third-order valence-electron chi connectivity index (χ3n) is 2.77. The quantitative estimate of drug-likeness (QED) is 0.916. The Labute approximate surface area is 121 Å². The predicted molar refractivity (Wildman–Crippen MR) is 79.4 cm³/mol. The van der Waals surface area contributed by atoms with Gasteiger partial charge in [0, 0.05) is 16.6 Å². The van der Waals surface area contributed by atoms with Gasteiger partial charge in [-0.1, -0.05) is 34.1 Å². The zero-order chi connectivity index (χ0) is 13.7. The van der Waals surface area contributed by atoms with Crippen molar-refractivity contribution >= 4 is 15.9 Å². The van der Waals surface area contributed by atoms with E-state index < -0.39 is 0 Å². The Morgan fingerprint density at radius 1 is 1.16 bits per heavy atom. The van der Waals surface area contributed by atoms with E-state index in [1.807, 2.05) is 42.5 Å². The SMILES string of the molecule is COc1cc(COc2cccc(Br)c2)ccc1CN. The lowest BCUT2D eigenvalue weighted by Crippen LogP contribution is -2.02. The molecule has 2 aromatic carbocycles. The average molecular weight is 322 g/mol. The average Bonchev–Trinajstić information content (AvgIpc) is 2.45. The van der Waals surface area contributed by atoms with Crippen molar-refractivity contribution in [1.29, 1.82) is 0 Å². The molecule has 0 radical (unpaired) electrons. The summed E-state index contributed by atoms with van der Waals surface area (Å²) in [6, 6.07) is 13.7. The van der Waals surface area contributed by atoms with Crippen molar-refractivity contribution in [3.63, 3.8) is 0 Å². The maximum absolute atomic E-state index is 5.73. The van der Waals surface area contributed by atoms with Gasteiger partial charge in [-0.3, -0.25) is 0 Å². The molecule has 0 aliphatic heterocycles. The predicted octanol–water partition coefficient (Wildman–Crippen LogP) is 3.50. The molecule has 0 aliphatic rings. The summed E-state index contributed by atoms with van der Waals surface area (Å²) in [7, 11) is 1.65. The maximum Gasteiger partial charge on any atom is 0.123 e. The molecule has 0 atom stereocenters. The van der Waals surface area contributed by atoms with Crippen molar-refractivity contribution < 1.29 is 9.47 Å². The van der Waals surface area contributed by atoms with Gasteiger partial charge in [0.15, 0.2) is 0 Å². The van der Waals surface area contributed by atoms with Crippen LogP contribution in [-0.2, 0) is 13.2 Å². The monoisotopic (exact) mass is 321 g/mol. The van der Waals surface area contributed by atoms with Crippen LogP contribution in [0.1, 0.15) is 11.1 Å². The van der Waals surface area contributed by atoms with Gasteiger partial charge in [0.25, 0.3) is 0 Å². The summed E-state index contributed by atoms with van der Waals surface area (Å²) in [5, 5.41) is 0. The summed E-state index contributed by atoms with van der Waals surface area (Å²) in [6.07, 6.45) is 0. The number of rotatable bonds is 5. The highest BCUT2D eigenvalue weighted by Crippen LogP contribution is 2.22. The van der Waals surface area contributed by atoms with Crippen molar-refractivity contribution in [3.05, 3.63) is 58.1 Å². The Morgan fingerprint density at radius 3 is 2.68 bits per heavy atom. The fraction of sp³-hybridized carbons (Fsp3) is 0.200. The van der Waals surface area contributed by atoms with Crippen LogP contribution in [0.5, 0.6) is 11.5 Å². The van der Waals surface area contributed by atoms with Crippen molar-refractivity contribution in [2.45, 2.75) is 13.2 Å². The Morgan fingerprint density at radius 2 is 2.00 bits per heavy atom. The molecule has 3 nitrogen and oxygen atoms in total. The summed E-state index contributed by atoms with van der Waals surface area (Å²) in [5.74, 6) is 1.63. The van der Waals surface area contributed by atoms with E-state index in [9.17, 15) is 0 Å². The van der Waals surface area contributed by atoms with E-state index in [4.69, 9.17) is 15.2 Å². The number of benzene rings is 2. The van der Waals surface area contributed by atoms with E-state index >= 15 is 0 Å². The Balaban J connectivity index is 2.07. The van der Waals surface area contributed by atoms with Crippen molar-refractivity contribution in [2.75, 3.05) is 7.11 Å². The van der Waals surface area contributed by atoms with Gasteiger partial charge in [-0.25, -0.2) is 0 Å². The van der Waals surface area contributed by atoms with Crippen molar-refractivity contribution in [1.82, 2.24) is 0 Å². The molecular weight excluding hydrogens is 306 g/mol. The molecule has 0 saturated heterocycles. The number of nitrogens with two attached hydrogens (primary N) is 1. The van der Waals surface area contributed by atoms with Crippen LogP contribution < -0.4 is 15.2 Å². The van der Waals surface area contributed by atoms with Crippen LogP contribution in [0, 0.1) is 0 Å². The molecule has 0 unspecified atom stereocenters. The summed E-state index contributed by atoms with van der Waals surface area (Å²) >= 11 is 3.42. The van der Waals surface area contributed by atoms with Crippen LogP contribution in [0.25, 0.3) is 0 Å². The topological polar surface area (TPSA) is 44.5 Å². The second kappa shape index (κ2) is 6.59. The van der Waals surface area contributed by atoms with Crippen LogP contribution in [-0.4, -0.2) is 7.11 Å². The van der Waals surface area contributed by atoms with Crippen LogP contribution in [0.15, 0.2) is 46.9 Å². The lowest BCUT2D eigenvalue weighted by Gasteiger charge is -2.10. The Hall–Kier alpha value is -1.52. The number of ether oxygens (including phenoxy) is 2. The first-order valence-electron chi connectivity index (χ1n) is 5.97. The molecule has 19 heavy (non-hydrogen) atoms. The largest absolute Gasteiger partial charge is 0.496 e. The number of methoxy groups -OCH3 is 1. The van der Waals surface area contributed by atoms with Gasteiger partial charge in [0.2, 0.25) is 0 Å². The van der Waals surface area contributed by atoms with Crippen LogP contribution in [0.4, 0.5) is 0 Å². The number of hydrogen-bond acceptors (Lipinski definition) is 3. The number of halogens is 1. The van der Waals surface area contributed by atoms with Gasteiger partial charge in [-0.2, -0.15) is 0 Å². The van der Waals surface area contributed by atoms with Gasteiger partial charge in [-0.05, 0) is 29.8 Å². The third kappa shape index (κ3) is 3.72. The van der Waals surface area contributed by atoms with Gasteiger partial charge < -0.3 is 15.2 Å². The van der Waals surface area contributed by atoms with Crippen LogP contribution >= 0.6 is 15.9 Å². The molecular formula is C15H16BrNO2. The zero-order valence-corrected chi connectivity index (χ0v) is 12.3. The lowest BCUT2D eigenvalue weighted by atomic mass is 10.1. The van der Waals surface area contributed by atoms with E-state index in [2.05, 4.69) is 15.9 Å². The van der Waals surface area contributed by atoms with Crippen molar-refractivity contribution in [2.24, 2.45) is 5.73 Å².